The molecule has 3 aromatic rings. The molecule has 128 valence electrons. The Labute approximate surface area is 151 Å². The monoisotopic (exact) mass is 352 g/mol. The van der Waals surface area contributed by atoms with Crippen molar-refractivity contribution in [2.24, 2.45) is 0 Å². The lowest BCUT2D eigenvalue weighted by atomic mass is 10.1. The fourth-order valence-electron chi connectivity index (χ4n) is 2.55. The molecule has 0 fully saturated rings. The number of phenolic OH excluding ortho intramolecular Hbond substituents is 1. The van der Waals surface area contributed by atoms with Crippen LogP contribution in [0.3, 0.4) is 0 Å². The number of carbonyl (C=O) groups is 1. The van der Waals surface area contributed by atoms with Crippen molar-refractivity contribution in [3.8, 4) is 16.3 Å². The summed E-state index contributed by atoms with van der Waals surface area (Å²) in [5.74, 6) is 0.140. The van der Waals surface area contributed by atoms with Gasteiger partial charge in [0.25, 0.3) is 5.91 Å². The van der Waals surface area contributed by atoms with E-state index in [-0.39, 0.29) is 11.7 Å². The SMILES string of the molecule is Cc1nc(-c2ccc(O)cc2)sc1C(=O)NCCCc1ccccc1. The van der Waals surface area contributed by atoms with Crippen LogP contribution in [0.5, 0.6) is 5.75 Å². The van der Waals surface area contributed by atoms with E-state index in [0.29, 0.717) is 11.4 Å². The predicted molar refractivity (Wildman–Crippen MR) is 101 cm³/mol. The number of aromatic nitrogens is 1. The van der Waals surface area contributed by atoms with E-state index in [1.807, 2.05) is 25.1 Å². The highest BCUT2D eigenvalue weighted by Crippen LogP contribution is 2.28. The third-order valence-electron chi connectivity index (χ3n) is 3.89. The number of nitrogens with zero attached hydrogens (tertiary/aromatic N) is 1. The van der Waals surface area contributed by atoms with Crippen molar-refractivity contribution < 1.29 is 9.90 Å². The van der Waals surface area contributed by atoms with Crippen LogP contribution in [-0.2, 0) is 6.42 Å². The van der Waals surface area contributed by atoms with Gasteiger partial charge in [0, 0.05) is 12.1 Å². The van der Waals surface area contributed by atoms with Crippen molar-refractivity contribution in [1.29, 1.82) is 0 Å². The number of hydrogen-bond acceptors (Lipinski definition) is 4. The molecule has 1 heterocycles. The van der Waals surface area contributed by atoms with Crippen LogP contribution in [0.4, 0.5) is 0 Å². The van der Waals surface area contributed by atoms with Crippen molar-refractivity contribution in [1.82, 2.24) is 10.3 Å². The van der Waals surface area contributed by atoms with E-state index in [1.54, 1.807) is 24.3 Å². The van der Waals surface area contributed by atoms with Crippen molar-refractivity contribution in [2.45, 2.75) is 19.8 Å². The number of rotatable bonds is 6. The van der Waals surface area contributed by atoms with Crippen molar-refractivity contribution in [3.63, 3.8) is 0 Å². The quantitative estimate of drug-likeness (QED) is 0.654. The zero-order valence-electron chi connectivity index (χ0n) is 14.0. The van der Waals surface area contributed by atoms with Gasteiger partial charge in [-0.25, -0.2) is 4.98 Å². The molecule has 2 aromatic carbocycles. The van der Waals surface area contributed by atoms with Gasteiger partial charge in [-0.2, -0.15) is 0 Å². The number of nitrogens with one attached hydrogen (secondary N) is 1. The standard InChI is InChI=1S/C20H20N2O2S/c1-14-18(25-20(22-14)16-9-11-17(23)12-10-16)19(24)21-13-5-8-15-6-3-2-4-7-15/h2-4,6-7,9-12,23H,5,8,13H2,1H3,(H,21,24). The van der Waals surface area contributed by atoms with E-state index in [1.165, 1.54) is 16.9 Å². The molecule has 1 aromatic heterocycles. The van der Waals surface area contributed by atoms with Gasteiger partial charge in [0.1, 0.15) is 15.6 Å². The maximum atomic E-state index is 12.4. The number of benzene rings is 2. The molecule has 0 saturated heterocycles. The molecule has 0 aliphatic carbocycles. The average molecular weight is 352 g/mol. The van der Waals surface area contributed by atoms with Gasteiger partial charge in [0.05, 0.1) is 5.69 Å². The van der Waals surface area contributed by atoms with Gasteiger partial charge in [-0.15, -0.1) is 11.3 Å². The van der Waals surface area contributed by atoms with Crippen molar-refractivity contribution in [3.05, 3.63) is 70.7 Å². The maximum absolute atomic E-state index is 12.4. The summed E-state index contributed by atoms with van der Waals surface area (Å²) in [7, 11) is 0. The predicted octanol–water partition coefficient (Wildman–Crippen LogP) is 4.19. The molecule has 0 radical (unpaired) electrons. The minimum absolute atomic E-state index is 0.0758. The Morgan fingerprint density at radius 1 is 1.12 bits per heavy atom. The van der Waals surface area contributed by atoms with Gasteiger partial charge in [0.2, 0.25) is 0 Å². The summed E-state index contributed by atoms with van der Waals surface area (Å²) in [5.41, 5.74) is 2.91. The van der Waals surface area contributed by atoms with Gasteiger partial charge >= 0.3 is 0 Å². The van der Waals surface area contributed by atoms with Crippen LogP contribution >= 0.6 is 11.3 Å². The van der Waals surface area contributed by atoms with E-state index in [2.05, 4.69) is 22.4 Å². The van der Waals surface area contributed by atoms with E-state index in [4.69, 9.17) is 0 Å². The average Bonchev–Trinajstić information content (AvgIpc) is 3.02. The second-order valence-corrected chi connectivity index (χ2v) is 6.82. The number of phenols is 1. The first kappa shape index (κ1) is 17.2. The summed E-state index contributed by atoms with van der Waals surface area (Å²) in [6.07, 6.45) is 1.85. The van der Waals surface area contributed by atoms with Crippen LogP contribution in [0.1, 0.15) is 27.3 Å². The van der Waals surface area contributed by atoms with Gasteiger partial charge < -0.3 is 10.4 Å². The van der Waals surface area contributed by atoms with Gasteiger partial charge in [-0.05, 0) is 49.6 Å². The van der Waals surface area contributed by atoms with Crippen LogP contribution in [-0.4, -0.2) is 22.5 Å². The van der Waals surface area contributed by atoms with Crippen molar-refractivity contribution in [2.75, 3.05) is 6.54 Å². The van der Waals surface area contributed by atoms with Crippen LogP contribution < -0.4 is 5.32 Å². The Morgan fingerprint density at radius 2 is 1.84 bits per heavy atom. The summed E-state index contributed by atoms with van der Waals surface area (Å²) in [4.78, 5) is 17.5. The lowest BCUT2D eigenvalue weighted by Gasteiger charge is -2.04. The second kappa shape index (κ2) is 7.94. The molecule has 0 aliphatic heterocycles. The topological polar surface area (TPSA) is 62.2 Å². The number of aromatic hydroxyl groups is 1. The Balaban J connectivity index is 1.58. The molecule has 2 N–H and O–H groups in total. The molecule has 3 rings (SSSR count). The molecule has 25 heavy (non-hydrogen) atoms. The fourth-order valence-corrected chi connectivity index (χ4v) is 3.54. The second-order valence-electron chi connectivity index (χ2n) is 5.83. The van der Waals surface area contributed by atoms with E-state index in [9.17, 15) is 9.90 Å². The molecular weight excluding hydrogens is 332 g/mol. The third-order valence-corrected chi connectivity index (χ3v) is 5.09. The summed E-state index contributed by atoms with van der Waals surface area (Å²) in [6.45, 7) is 2.49. The lowest BCUT2D eigenvalue weighted by Crippen LogP contribution is -2.24. The zero-order chi connectivity index (χ0) is 17.6. The highest BCUT2D eigenvalue weighted by atomic mass is 32.1. The minimum Gasteiger partial charge on any atom is -0.508 e. The Kier molecular flexibility index (Phi) is 5.46. The molecule has 0 unspecified atom stereocenters. The van der Waals surface area contributed by atoms with Crippen molar-refractivity contribution >= 4 is 17.2 Å². The highest BCUT2D eigenvalue weighted by molar-refractivity contribution is 7.17. The van der Waals surface area contributed by atoms with Crippen LogP contribution in [0.2, 0.25) is 0 Å². The van der Waals surface area contributed by atoms with E-state index in [0.717, 1.165) is 29.1 Å². The highest BCUT2D eigenvalue weighted by Gasteiger charge is 2.15. The molecule has 0 atom stereocenters. The fraction of sp³-hybridized carbons (Fsp3) is 0.200. The molecule has 0 bridgehead atoms. The Morgan fingerprint density at radius 3 is 2.56 bits per heavy atom. The van der Waals surface area contributed by atoms with Crippen LogP contribution in [0, 0.1) is 6.92 Å². The minimum atomic E-state index is -0.0758. The first-order valence-electron chi connectivity index (χ1n) is 8.22. The number of hydrogen-bond donors (Lipinski definition) is 2. The first-order chi connectivity index (χ1) is 12.1. The summed E-state index contributed by atoms with van der Waals surface area (Å²) in [6, 6.07) is 17.1. The zero-order valence-corrected chi connectivity index (χ0v) is 14.8. The molecule has 1 amide bonds. The number of carbonyl (C=O) groups excluding carboxylic acids is 1. The largest absolute Gasteiger partial charge is 0.508 e. The molecule has 0 spiro atoms. The number of thiazole rings is 1. The van der Waals surface area contributed by atoms with E-state index >= 15 is 0 Å². The molecule has 0 aliphatic rings. The first-order valence-corrected chi connectivity index (χ1v) is 9.04. The van der Waals surface area contributed by atoms with Crippen LogP contribution in [0.15, 0.2) is 54.6 Å². The van der Waals surface area contributed by atoms with Gasteiger partial charge in [-0.3, -0.25) is 4.79 Å². The Bertz CT molecular complexity index is 842. The number of amides is 1. The normalized spacial score (nSPS) is 10.6. The molecule has 4 nitrogen and oxygen atoms in total. The third kappa shape index (κ3) is 4.45. The smallest absolute Gasteiger partial charge is 0.263 e. The van der Waals surface area contributed by atoms with E-state index < -0.39 is 0 Å². The van der Waals surface area contributed by atoms with Gasteiger partial charge in [-0.1, -0.05) is 30.3 Å². The molecular formula is C20H20N2O2S. The Hall–Kier alpha value is -2.66. The summed E-state index contributed by atoms with van der Waals surface area (Å²) >= 11 is 1.38. The lowest BCUT2D eigenvalue weighted by molar-refractivity contribution is 0.0956. The summed E-state index contributed by atoms with van der Waals surface area (Å²) < 4.78 is 0. The van der Waals surface area contributed by atoms with Gasteiger partial charge in [0.15, 0.2) is 0 Å². The molecule has 5 heteroatoms. The van der Waals surface area contributed by atoms with Crippen LogP contribution in [0.25, 0.3) is 10.6 Å². The summed E-state index contributed by atoms with van der Waals surface area (Å²) in [5, 5.41) is 13.1. The maximum Gasteiger partial charge on any atom is 0.263 e. The number of aryl methyl sites for hydroxylation is 2. The molecule has 0 saturated carbocycles.